The van der Waals surface area contributed by atoms with Crippen molar-refractivity contribution < 1.29 is 33.7 Å². The summed E-state index contributed by atoms with van der Waals surface area (Å²) in [5.74, 6) is -2.57. The van der Waals surface area contributed by atoms with Crippen LogP contribution in [0.2, 0.25) is 0 Å². The van der Waals surface area contributed by atoms with Crippen LogP contribution in [0.3, 0.4) is 0 Å². The predicted octanol–water partition coefficient (Wildman–Crippen LogP) is 1.36. The van der Waals surface area contributed by atoms with Gasteiger partial charge in [-0.2, -0.15) is 0 Å². The van der Waals surface area contributed by atoms with Crippen LogP contribution in [-0.2, 0) is 9.59 Å². The molecule has 0 spiro atoms. The van der Waals surface area contributed by atoms with Crippen molar-refractivity contribution in [2.45, 2.75) is 25.7 Å². The van der Waals surface area contributed by atoms with Crippen molar-refractivity contribution in [1.82, 2.24) is 10.9 Å². The summed E-state index contributed by atoms with van der Waals surface area (Å²) < 4.78 is 15.6. The highest BCUT2D eigenvalue weighted by Crippen LogP contribution is 2.38. The number of ether oxygens (including phenoxy) is 3. The topological polar surface area (TPSA) is 123 Å². The predicted molar refractivity (Wildman–Crippen MR) is 94.8 cm³/mol. The lowest BCUT2D eigenvalue weighted by molar-refractivity contribution is -0.149. The maximum absolute atomic E-state index is 12.4. The molecule has 9 nitrogen and oxygen atoms in total. The Balaban J connectivity index is 2.09. The largest absolute Gasteiger partial charge is 0.493 e. The Kier molecular flexibility index (Phi) is 6.86. The van der Waals surface area contributed by atoms with E-state index in [1.165, 1.54) is 33.5 Å². The Morgan fingerprint density at radius 2 is 1.48 bits per heavy atom. The van der Waals surface area contributed by atoms with Gasteiger partial charge < -0.3 is 19.3 Å². The fourth-order valence-electron chi connectivity index (χ4n) is 3.24. The van der Waals surface area contributed by atoms with Gasteiger partial charge in [-0.15, -0.1) is 0 Å². The van der Waals surface area contributed by atoms with Crippen LogP contribution in [0, 0.1) is 11.8 Å². The van der Waals surface area contributed by atoms with Crippen LogP contribution in [0.1, 0.15) is 36.0 Å². The molecule has 1 aromatic carbocycles. The maximum atomic E-state index is 12.4. The molecule has 1 saturated carbocycles. The van der Waals surface area contributed by atoms with E-state index in [-0.39, 0.29) is 5.56 Å². The molecule has 9 heteroatoms. The molecule has 27 heavy (non-hydrogen) atoms. The van der Waals surface area contributed by atoms with Crippen molar-refractivity contribution in [2.24, 2.45) is 11.8 Å². The van der Waals surface area contributed by atoms with Crippen LogP contribution in [0.4, 0.5) is 0 Å². The smallest absolute Gasteiger partial charge is 0.307 e. The quantitative estimate of drug-likeness (QED) is 0.637. The van der Waals surface area contributed by atoms with Crippen molar-refractivity contribution in [1.29, 1.82) is 0 Å². The molecule has 1 aromatic rings. The molecule has 1 fully saturated rings. The molecule has 2 atom stereocenters. The normalized spacial score (nSPS) is 18.9. The monoisotopic (exact) mass is 380 g/mol. The number of nitrogens with one attached hydrogen (secondary N) is 2. The van der Waals surface area contributed by atoms with Crippen LogP contribution in [0.15, 0.2) is 12.1 Å². The van der Waals surface area contributed by atoms with Crippen LogP contribution in [-0.4, -0.2) is 44.2 Å². The number of amides is 2. The molecular formula is C18H24N2O7. The molecular weight excluding hydrogens is 356 g/mol. The SMILES string of the molecule is COc1cc(C(=O)NNC(=O)[C@@H]2CCCC[C@H]2C(=O)O)cc(OC)c1OC. The molecule has 3 N–H and O–H groups in total. The van der Waals surface area contributed by atoms with Crippen LogP contribution >= 0.6 is 0 Å². The first-order valence-corrected chi connectivity index (χ1v) is 8.55. The summed E-state index contributed by atoms with van der Waals surface area (Å²) in [4.78, 5) is 36.0. The lowest BCUT2D eigenvalue weighted by atomic mass is 9.79. The van der Waals surface area contributed by atoms with Gasteiger partial charge in [0, 0.05) is 5.56 Å². The fraction of sp³-hybridized carbons (Fsp3) is 0.500. The highest BCUT2D eigenvalue weighted by Gasteiger charge is 2.35. The average Bonchev–Trinajstić information content (AvgIpc) is 2.70. The third kappa shape index (κ3) is 4.60. The van der Waals surface area contributed by atoms with Gasteiger partial charge in [-0.3, -0.25) is 25.2 Å². The second-order valence-electron chi connectivity index (χ2n) is 6.19. The van der Waals surface area contributed by atoms with E-state index in [4.69, 9.17) is 14.2 Å². The van der Waals surface area contributed by atoms with Crippen molar-refractivity contribution in [3.05, 3.63) is 17.7 Å². The first kappa shape index (κ1) is 20.3. The number of rotatable bonds is 6. The van der Waals surface area contributed by atoms with Gasteiger partial charge in [0.1, 0.15) is 0 Å². The third-order valence-corrected chi connectivity index (χ3v) is 4.65. The number of hydrogen-bond donors (Lipinski definition) is 3. The van der Waals surface area contributed by atoms with Crippen LogP contribution in [0.25, 0.3) is 0 Å². The van der Waals surface area contributed by atoms with E-state index in [0.717, 1.165) is 12.8 Å². The summed E-state index contributed by atoms with van der Waals surface area (Å²) in [6.45, 7) is 0. The van der Waals surface area contributed by atoms with Gasteiger partial charge in [0.15, 0.2) is 11.5 Å². The molecule has 0 aliphatic heterocycles. The number of aliphatic carboxylic acids is 1. The van der Waals surface area contributed by atoms with Crippen molar-refractivity contribution in [2.75, 3.05) is 21.3 Å². The molecule has 2 rings (SSSR count). The van der Waals surface area contributed by atoms with Gasteiger partial charge >= 0.3 is 5.97 Å². The summed E-state index contributed by atoms with van der Waals surface area (Å²) in [6.07, 6.45) is 2.48. The van der Waals surface area contributed by atoms with Gasteiger partial charge in [0.25, 0.3) is 5.91 Å². The standard InChI is InChI=1S/C18H24N2O7/c1-25-13-8-10(9-14(26-2)15(13)27-3)16(21)19-20-17(22)11-6-4-5-7-12(11)18(23)24/h8-9,11-12H,4-7H2,1-3H3,(H,19,21)(H,20,22)(H,23,24)/t11-,12-/m1/s1. The average molecular weight is 380 g/mol. The van der Waals surface area contributed by atoms with Gasteiger partial charge in [0.2, 0.25) is 11.7 Å². The number of carbonyl (C=O) groups excluding carboxylic acids is 2. The molecule has 1 aliphatic carbocycles. The zero-order valence-corrected chi connectivity index (χ0v) is 15.5. The highest BCUT2D eigenvalue weighted by molar-refractivity contribution is 5.97. The Morgan fingerprint density at radius 3 is 1.96 bits per heavy atom. The summed E-state index contributed by atoms with van der Waals surface area (Å²) in [7, 11) is 4.30. The Bertz CT molecular complexity index is 695. The summed E-state index contributed by atoms with van der Waals surface area (Å²) in [5.41, 5.74) is 4.82. The minimum Gasteiger partial charge on any atom is -0.493 e. The summed E-state index contributed by atoms with van der Waals surface area (Å²) in [6, 6.07) is 2.90. The lowest BCUT2D eigenvalue weighted by Crippen LogP contribution is -2.47. The van der Waals surface area contributed by atoms with Gasteiger partial charge in [0.05, 0.1) is 33.2 Å². The van der Waals surface area contributed by atoms with E-state index < -0.39 is 29.6 Å². The Hall–Kier alpha value is -2.97. The molecule has 0 aromatic heterocycles. The molecule has 1 aliphatic rings. The molecule has 0 radical (unpaired) electrons. The molecule has 0 heterocycles. The number of hydrazine groups is 1. The zero-order chi connectivity index (χ0) is 20.0. The first-order chi connectivity index (χ1) is 12.9. The van der Waals surface area contributed by atoms with Crippen molar-refractivity contribution in [3.8, 4) is 17.2 Å². The van der Waals surface area contributed by atoms with Gasteiger partial charge in [-0.25, -0.2) is 0 Å². The van der Waals surface area contributed by atoms with Gasteiger partial charge in [-0.05, 0) is 25.0 Å². The Morgan fingerprint density at radius 1 is 0.926 bits per heavy atom. The van der Waals surface area contributed by atoms with Gasteiger partial charge in [-0.1, -0.05) is 12.8 Å². The number of methoxy groups -OCH3 is 3. The first-order valence-electron chi connectivity index (χ1n) is 8.55. The number of benzene rings is 1. The van der Waals surface area contributed by atoms with Crippen LogP contribution < -0.4 is 25.1 Å². The van der Waals surface area contributed by atoms with Crippen LogP contribution in [0.5, 0.6) is 17.2 Å². The summed E-state index contributed by atoms with van der Waals surface area (Å²) >= 11 is 0. The van der Waals surface area contributed by atoms with E-state index in [2.05, 4.69) is 10.9 Å². The minimum atomic E-state index is -0.995. The number of carbonyl (C=O) groups is 3. The number of carboxylic acids is 1. The van der Waals surface area contributed by atoms with E-state index in [1.54, 1.807) is 0 Å². The molecule has 0 saturated heterocycles. The fourth-order valence-corrected chi connectivity index (χ4v) is 3.24. The molecule has 0 unspecified atom stereocenters. The molecule has 148 valence electrons. The van der Waals surface area contributed by atoms with Crippen molar-refractivity contribution in [3.63, 3.8) is 0 Å². The van der Waals surface area contributed by atoms with E-state index in [1.807, 2.05) is 0 Å². The third-order valence-electron chi connectivity index (χ3n) is 4.65. The van der Waals surface area contributed by atoms with Crippen molar-refractivity contribution >= 4 is 17.8 Å². The summed E-state index contributed by atoms with van der Waals surface area (Å²) in [5, 5.41) is 9.27. The maximum Gasteiger partial charge on any atom is 0.307 e. The van der Waals surface area contributed by atoms with E-state index in [0.29, 0.717) is 30.1 Å². The highest BCUT2D eigenvalue weighted by atomic mass is 16.5. The molecule has 2 amide bonds. The second-order valence-corrected chi connectivity index (χ2v) is 6.19. The minimum absolute atomic E-state index is 0.184. The number of hydrogen-bond acceptors (Lipinski definition) is 6. The van der Waals surface area contributed by atoms with E-state index in [9.17, 15) is 19.5 Å². The molecule has 0 bridgehead atoms. The number of carboxylic acid groups (broad SMARTS) is 1. The van der Waals surface area contributed by atoms with E-state index >= 15 is 0 Å². The second kappa shape index (κ2) is 9.11. The zero-order valence-electron chi connectivity index (χ0n) is 15.5. The lowest BCUT2D eigenvalue weighted by Gasteiger charge is -2.27. The Labute approximate surface area is 156 Å².